The van der Waals surface area contributed by atoms with Crippen LogP contribution in [0.25, 0.3) is 0 Å². The second kappa shape index (κ2) is 6.10. The number of nitrogens with one attached hydrogen (secondary N) is 1. The lowest BCUT2D eigenvalue weighted by Gasteiger charge is -2.18. The maximum atomic E-state index is 10.2. The van der Waals surface area contributed by atoms with E-state index in [1.807, 2.05) is 12.3 Å². The van der Waals surface area contributed by atoms with Crippen molar-refractivity contribution in [3.05, 3.63) is 29.6 Å². The predicted octanol–water partition coefficient (Wildman–Crippen LogP) is 0.708. The summed E-state index contributed by atoms with van der Waals surface area (Å²) in [5, 5.41) is 13.3. The molecule has 94 valence electrons. The van der Waals surface area contributed by atoms with Crippen molar-refractivity contribution in [3.8, 4) is 0 Å². The summed E-state index contributed by atoms with van der Waals surface area (Å²) in [7, 11) is 1.68. The van der Waals surface area contributed by atoms with Crippen LogP contribution in [0.3, 0.4) is 0 Å². The third kappa shape index (κ3) is 3.03. The molecule has 0 aromatic carbocycles. The van der Waals surface area contributed by atoms with Gasteiger partial charge in [0.2, 0.25) is 0 Å². The van der Waals surface area contributed by atoms with Gasteiger partial charge in [-0.25, -0.2) is 0 Å². The Hall–Kier alpha value is -0.970. The van der Waals surface area contributed by atoms with Gasteiger partial charge in [0.05, 0.1) is 12.7 Å². The van der Waals surface area contributed by atoms with Crippen molar-refractivity contribution in [2.45, 2.75) is 24.9 Å². The molecule has 1 aliphatic rings. The van der Waals surface area contributed by atoms with E-state index >= 15 is 0 Å². The normalized spacial score (nSPS) is 20.2. The number of hydrogen-bond donors (Lipinski definition) is 2. The van der Waals surface area contributed by atoms with Crippen molar-refractivity contribution < 1.29 is 9.84 Å². The SMILES string of the molecule is COCCNCC(O)C1CCc2cccnc21. The Bertz CT molecular complexity index is 357. The molecule has 0 aliphatic heterocycles. The first-order valence-electron chi connectivity index (χ1n) is 6.14. The molecule has 1 aliphatic carbocycles. The van der Waals surface area contributed by atoms with Crippen LogP contribution in [0.2, 0.25) is 0 Å². The summed E-state index contributed by atoms with van der Waals surface area (Å²) in [6, 6.07) is 4.07. The monoisotopic (exact) mass is 236 g/mol. The van der Waals surface area contributed by atoms with Crippen molar-refractivity contribution in [2.24, 2.45) is 0 Å². The molecule has 2 unspecified atom stereocenters. The van der Waals surface area contributed by atoms with E-state index in [9.17, 15) is 5.11 Å². The number of ether oxygens (including phenoxy) is 1. The van der Waals surface area contributed by atoms with Gasteiger partial charge in [-0.1, -0.05) is 6.07 Å². The summed E-state index contributed by atoms with van der Waals surface area (Å²) >= 11 is 0. The third-order valence-electron chi connectivity index (χ3n) is 3.30. The molecule has 17 heavy (non-hydrogen) atoms. The number of nitrogens with zero attached hydrogens (tertiary/aromatic N) is 1. The molecule has 2 atom stereocenters. The van der Waals surface area contributed by atoms with E-state index in [4.69, 9.17) is 4.74 Å². The zero-order valence-corrected chi connectivity index (χ0v) is 10.2. The fourth-order valence-electron chi connectivity index (χ4n) is 2.38. The standard InChI is InChI=1S/C13H20N2O2/c1-17-8-7-14-9-12(16)11-5-4-10-3-2-6-15-13(10)11/h2-3,6,11-12,14,16H,4-5,7-9H2,1H3. The van der Waals surface area contributed by atoms with E-state index in [0.29, 0.717) is 13.2 Å². The van der Waals surface area contributed by atoms with Gasteiger partial charge in [-0.15, -0.1) is 0 Å². The zero-order chi connectivity index (χ0) is 12.1. The minimum Gasteiger partial charge on any atom is -0.391 e. The summed E-state index contributed by atoms with van der Waals surface area (Å²) < 4.78 is 4.95. The Balaban J connectivity index is 1.87. The van der Waals surface area contributed by atoms with Crippen molar-refractivity contribution in [3.63, 3.8) is 0 Å². The highest BCUT2D eigenvalue weighted by Gasteiger charge is 2.29. The van der Waals surface area contributed by atoms with Gasteiger partial charge >= 0.3 is 0 Å². The second-order valence-corrected chi connectivity index (χ2v) is 4.46. The maximum Gasteiger partial charge on any atom is 0.0748 e. The lowest BCUT2D eigenvalue weighted by atomic mass is 9.99. The van der Waals surface area contributed by atoms with E-state index in [1.54, 1.807) is 7.11 Å². The molecule has 0 bridgehead atoms. The van der Waals surface area contributed by atoms with Crippen molar-refractivity contribution in [2.75, 3.05) is 26.8 Å². The number of aromatic nitrogens is 1. The van der Waals surface area contributed by atoms with E-state index in [-0.39, 0.29) is 12.0 Å². The highest BCUT2D eigenvalue weighted by atomic mass is 16.5. The number of rotatable bonds is 6. The number of pyridine rings is 1. The second-order valence-electron chi connectivity index (χ2n) is 4.46. The molecule has 0 radical (unpaired) electrons. The summed E-state index contributed by atoms with van der Waals surface area (Å²) in [6.45, 7) is 2.05. The van der Waals surface area contributed by atoms with Gasteiger partial charge in [-0.05, 0) is 24.5 Å². The maximum absolute atomic E-state index is 10.2. The number of methoxy groups -OCH3 is 1. The molecular formula is C13H20N2O2. The average molecular weight is 236 g/mol. The van der Waals surface area contributed by atoms with Crippen LogP contribution in [0.15, 0.2) is 18.3 Å². The molecule has 2 N–H and O–H groups in total. The number of aliphatic hydroxyl groups is 1. The summed E-state index contributed by atoms with van der Waals surface area (Å²) in [4.78, 5) is 4.39. The molecule has 0 saturated heterocycles. The van der Waals surface area contributed by atoms with Crippen molar-refractivity contribution in [1.29, 1.82) is 0 Å². The number of aliphatic hydroxyl groups excluding tert-OH is 1. The van der Waals surface area contributed by atoms with Crippen LogP contribution >= 0.6 is 0 Å². The highest BCUT2D eigenvalue weighted by molar-refractivity contribution is 5.29. The first kappa shape index (κ1) is 12.5. The molecule has 1 aromatic heterocycles. The molecule has 0 fully saturated rings. The number of fused-ring (bicyclic) bond motifs is 1. The predicted molar refractivity (Wildman–Crippen MR) is 66.1 cm³/mol. The van der Waals surface area contributed by atoms with Crippen LogP contribution in [0.5, 0.6) is 0 Å². The van der Waals surface area contributed by atoms with Crippen molar-refractivity contribution >= 4 is 0 Å². The smallest absolute Gasteiger partial charge is 0.0748 e. The topological polar surface area (TPSA) is 54.4 Å². The number of aryl methyl sites for hydroxylation is 1. The average Bonchev–Trinajstić information content (AvgIpc) is 2.78. The first-order chi connectivity index (χ1) is 8.33. The third-order valence-corrected chi connectivity index (χ3v) is 3.30. The lowest BCUT2D eigenvalue weighted by molar-refractivity contribution is 0.133. The van der Waals surface area contributed by atoms with E-state index in [1.165, 1.54) is 5.56 Å². The van der Waals surface area contributed by atoms with Crippen LogP contribution in [-0.2, 0) is 11.2 Å². The van der Waals surface area contributed by atoms with Crippen LogP contribution in [0.1, 0.15) is 23.6 Å². The van der Waals surface area contributed by atoms with Gasteiger partial charge in [0, 0.05) is 38.0 Å². The molecule has 0 amide bonds. The van der Waals surface area contributed by atoms with E-state index < -0.39 is 0 Å². The molecule has 1 aromatic rings. The van der Waals surface area contributed by atoms with Crippen molar-refractivity contribution in [1.82, 2.24) is 10.3 Å². The molecule has 0 saturated carbocycles. The van der Waals surface area contributed by atoms with Crippen LogP contribution in [0.4, 0.5) is 0 Å². The minimum absolute atomic E-state index is 0.182. The van der Waals surface area contributed by atoms with Gasteiger partial charge in [-0.2, -0.15) is 0 Å². The van der Waals surface area contributed by atoms with Gasteiger partial charge in [0.15, 0.2) is 0 Å². The molecule has 2 rings (SSSR count). The lowest BCUT2D eigenvalue weighted by Crippen LogP contribution is -2.33. The zero-order valence-electron chi connectivity index (χ0n) is 10.2. The fourth-order valence-corrected chi connectivity index (χ4v) is 2.38. The molecule has 4 heteroatoms. The highest BCUT2D eigenvalue weighted by Crippen LogP contribution is 2.33. The molecular weight excluding hydrogens is 216 g/mol. The van der Waals surface area contributed by atoms with Gasteiger partial charge in [-0.3, -0.25) is 4.98 Å². The molecule has 4 nitrogen and oxygen atoms in total. The quantitative estimate of drug-likeness (QED) is 0.714. The van der Waals surface area contributed by atoms with E-state index in [0.717, 1.165) is 25.1 Å². The Morgan fingerprint density at radius 1 is 1.65 bits per heavy atom. The Morgan fingerprint density at radius 2 is 2.53 bits per heavy atom. The van der Waals surface area contributed by atoms with Crippen LogP contribution < -0.4 is 5.32 Å². The Kier molecular flexibility index (Phi) is 4.48. The fraction of sp³-hybridized carbons (Fsp3) is 0.615. The summed E-state index contributed by atoms with van der Waals surface area (Å²) in [6.07, 6.45) is 3.48. The number of hydrogen-bond acceptors (Lipinski definition) is 4. The minimum atomic E-state index is -0.358. The Morgan fingerprint density at radius 3 is 3.35 bits per heavy atom. The van der Waals surface area contributed by atoms with Crippen LogP contribution in [-0.4, -0.2) is 43.0 Å². The molecule has 1 heterocycles. The van der Waals surface area contributed by atoms with Gasteiger partial charge in [0.25, 0.3) is 0 Å². The summed E-state index contributed by atoms with van der Waals surface area (Å²) in [5.74, 6) is 0.182. The Labute approximate surface area is 102 Å². The van der Waals surface area contributed by atoms with Crippen LogP contribution in [0, 0.1) is 0 Å². The van der Waals surface area contributed by atoms with Gasteiger partial charge < -0.3 is 15.2 Å². The van der Waals surface area contributed by atoms with E-state index in [2.05, 4.69) is 16.4 Å². The molecule has 0 spiro atoms. The first-order valence-corrected chi connectivity index (χ1v) is 6.14. The summed E-state index contributed by atoms with van der Waals surface area (Å²) in [5.41, 5.74) is 2.36. The van der Waals surface area contributed by atoms with Gasteiger partial charge in [0.1, 0.15) is 0 Å². The largest absolute Gasteiger partial charge is 0.391 e.